The van der Waals surface area contributed by atoms with Crippen LogP contribution in [0.5, 0.6) is 0 Å². The maximum Gasteiger partial charge on any atom is 0.413 e. The summed E-state index contributed by atoms with van der Waals surface area (Å²) < 4.78 is 10.3. The first kappa shape index (κ1) is 26.9. The number of guanidine groups is 1. The van der Waals surface area contributed by atoms with Gasteiger partial charge in [-0.2, -0.15) is 5.26 Å². The zero-order valence-corrected chi connectivity index (χ0v) is 21.9. The molecule has 4 unspecified atom stereocenters. The van der Waals surface area contributed by atoms with Crippen LogP contribution < -0.4 is 16.0 Å². The van der Waals surface area contributed by atoms with Crippen molar-refractivity contribution >= 4 is 35.4 Å². The summed E-state index contributed by atoms with van der Waals surface area (Å²) in [4.78, 5) is 46.6. The van der Waals surface area contributed by atoms with E-state index in [2.05, 4.69) is 25.9 Å². The highest BCUT2D eigenvalue weighted by molar-refractivity contribution is 5.95. The maximum atomic E-state index is 12.5. The van der Waals surface area contributed by atoms with E-state index in [0.717, 1.165) is 17.9 Å². The van der Waals surface area contributed by atoms with Gasteiger partial charge in [-0.3, -0.25) is 9.69 Å². The van der Waals surface area contributed by atoms with Crippen molar-refractivity contribution in [2.45, 2.75) is 57.2 Å². The fraction of sp³-hybridized carbons (Fsp3) is 0.429. The standard InChI is InChI=1S/C28H31N7O5/c29-16-31-27(33-22-13-19-6-7-20(22)12-19)32-21-8-10-24(30-14-21)34-25(36)11-9-23-26(37)40-17-35(23)28(38)39-15-18-4-2-1-3-5-18/h1-5,8,10,14,19-20,22-23H,6-7,9,11-13,15,17H2,(H,30,34,36)(H2,31,32,33). The molecule has 12 heteroatoms. The van der Waals surface area contributed by atoms with Crippen LogP contribution in [-0.2, 0) is 25.7 Å². The number of amides is 2. The van der Waals surface area contributed by atoms with Gasteiger partial charge < -0.3 is 25.4 Å². The Hall–Kier alpha value is -4.66. The van der Waals surface area contributed by atoms with Crippen molar-refractivity contribution in [3.8, 4) is 6.19 Å². The van der Waals surface area contributed by atoms with Crippen LogP contribution in [0.4, 0.5) is 16.3 Å². The molecule has 3 fully saturated rings. The molecule has 5 rings (SSSR count). The Kier molecular flexibility index (Phi) is 8.39. The molecule has 1 aromatic carbocycles. The smallest absolute Gasteiger partial charge is 0.413 e. The van der Waals surface area contributed by atoms with Gasteiger partial charge in [0.15, 0.2) is 6.73 Å². The van der Waals surface area contributed by atoms with Gasteiger partial charge in [0, 0.05) is 12.5 Å². The minimum Gasteiger partial charge on any atom is -0.444 e. The molecule has 2 amide bonds. The summed E-state index contributed by atoms with van der Waals surface area (Å²) in [5.74, 6) is 1.13. The predicted octanol–water partition coefficient (Wildman–Crippen LogP) is 3.35. The Morgan fingerprint density at radius 2 is 2.00 bits per heavy atom. The molecule has 2 saturated carbocycles. The monoisotopic (exact) mass is 545 g/mol. The first-order valence-electron chi connectivity index (χ1n) is 13.4. The van der Waals surface area contributed by atoms with Crippen LogP contribution in [0, 0.1) is 23.3 Å². The summed E-state index contributed by atoms with van der Waals surface area (Å²) in [6.07, 6.45) is 7.53. The fourth-order valence-corrected chi connectivity index (χ4v) is 5.60. The minimum absolute atomic E-state index is 0.0314. The van der Waals surface area contributed by atoms with Gasteiger partial charge in [-0.25, -0.2) is 14.6 Å². The summed E-state index contributed by atoms with van der Waals surface area (Å²) in [7, 11) is 0. The Bertz CT molecular complexity index is 1290. The number of benzene rings is 1. The number of cyclic esters (lactones) is 1. The first-order chi connectivity index (χ1) is 19.5. The zero-order chi connectivity index (χ0) is 27.9. The molecule has 1 aromatic heterocycles. The number of nitrogens with zero attached hydrogens (tertiary/aromatic N) is 4. The van der Waals surface area contributed by atoms with Crippen LogP contribution in [0.3, 0.4) is 0 Å². The lowest BCUT2D eigenvalue weighted by Crippen LogP contribution is -2.42. The number of aromatic nitrogens is 1. The highest BCUT2D eigenvalue weighted by atomic mass is 16.6. The summed E-state index contributed by atoms with van der Waals surface area (Å²) >= 11 is 0. The fourth-order valence-electron chi connectivity index (χ4n) is 5.60. The third-order valence-corrected chi connectivity index (χ3v) is 7.59. The molecule has 0 spiro atoms. The molecule has 3 aliphatic rings. The Morgan fingerprint density at radius 3 is 2.70 bits per heavy atom. The maximum absolute atomic E-state index is 12.5. The largest absolute Gasteiger partial charge is 0.444 e. The molecule has 2 bridgehead atoms. The van der Waals surface area contributed by atoms with Crippen molar-refractivity contribution in [3.05, 3.63) is 54.2 Å². The van der Waals surface area contributed by atoms with Crippen LogP contribution in [0.15, 0.2) is 53.7 Å². The number of nitrogens with one attached hydrogen (secondary N) is 3. The van der Waals surface area contributed by atoms with E-state index >= 15 is 0 Å². The minimum atomic E-state index is -0.908. The number of hydrogen-bond donors (Lipinski definition) is 3. The van der Waals surface area contributed by atoms with Gasteiger partial charge in [-0.05, 0) is 55.2 Å². The van der Waals surface area contributed by atoms with Crippen molar-refractivity contribution in [3.63, 3.8) is 0 Å². The molecular weight excluding hydrogens is 514 g/mol. The number of ether oxygens (including phenoxy) is 2. The molecule has 1 aliphatic heterocycles. The molecule has 0 radical (unpaired) electrons. The third kappa shape index (κ3) is 6.66. The van der Waals surface area contributed by atoms with Gasteiger partial charge in [-0.1, -0.05) is 36.8 Å². The van der Waals surface area contributed by atoms with E-state index in [1.807, 2.05) is 36.5 Å². The lowest BCUT2D eigenvalue weighted by atomic mass is 9.95. The molecule has 12 nitrogen and oxygen atoms in total. The number of carbonyl (C=O) groups is 3. The number of esters is 1. The van der Waals surface area contributed by atoms with E-state index in [4.69, 9.17) is 14.7 Å². The van der Waals surface area contributed by atoms with Crippen LogP contribution in [0.1, 0.15) is 44.1 Å². The molecule has 4 atom stereocenters. The van der Waals surface area contributed by atoms with Crippen molar-refractivity contribution in [1.82, 2.24) is 15.2 Å². The van der Waals surface area contributed by atoms with Gasteiger partial charge in [0.2, 0.25) is 18.1 Å². The Balaban J connectivity index is 1.08. The molecule has 2 heterocycles. The molecular formula is C28H31N7O5. The summed E-state index contributed by atoms with van der Waals surface area (Å²) in [5.41, 5.74) is 1.43. The highest BCUT2D eigenvalue weighted by Gasteiger charge is 2.40. The Morgan fingerprint density at radius 1 is 1.15 bits per heavy atom. The van der Waals surface area contributed by atoms with Crippen LogP contribution >= 0.6 is 0 Å². The lowest BCUT2D eigenvalue weighted by molar-refractivity contribution is -0.139. The van der Waals surface area contributed by atoms with E-state index in [-0.39, 0.29) is 32.1 Å². The van der Waals surface area contributed by atoms with Crippen LogP contribution in [0.25, 0.3) is 0 Å². The molecule has 40 heavy (non-hydrogen) atoms. The summed E-state index contributed by atoms with van der Waals surface area (Å²) in [5, 5.41) is 18.2. The normalized spacial score (nSPS) is 23.3. The molecule has 1 saturated heterocycles. The number of anilines is 2. The second-order valence-electron chi connectivity index (χ2n) is 10.2. The number of hydrogen-bond acceptors (Lipinski definition) is 8. The van der Waals surface area contributed by atoms with Crippen LogP contribution in [-0.4, -0.2) is 52.6 Å². The lowest BCUT2D eigenvalue weighted by Gasteiger charge is -2.24. The number of carbonyl (C=O) groups excluding carboxylic acids is 3. The number of pyridine rings is 1. The molecule has 2 aliphatic carbocycles. The predicted molar refractivity (Wildman–Crippen MR) is 144 cm³/mol. The third-order valence-electron chi connectivity index (χ3n) is 7.59. The van der Waals surface area contributed by atoms with E-state index in [9.17, 15) is 14.4 Å². The number of nitriles is 1. The molecule has 208 valence electrons. The van der Waals surface area contributed by atoms with Crippen molar-refractivity contribution in [2.75, 3.05) is 17.4 Å². The van der Waals surface area contributed by atoms with Gasteiger partial charge in [0.25, 0.3) is 0 Å². The van der Waals surface area contributed by atoms with Crippen molar-refractivity contribution in [1.29, 1.82) is 5.26 Å². The summed E-state index contributed by atoms with van der Waals surface area (Å²) in [6, 6.07) is 11.9. The SMILES string of the molecule is N#CN=C(Nc1ccc(NC(=O)CCC2C(=O)OCN2C(=O)OCc2ccccc2)nc1)NC1CC2CCC1C2. The topological polar surface area (TPSA) is 158 Å². The molecule has 2 aromatic rings. The van der Waals surface area contributed by atoms with Crippen LogP contribution in [0.2, 0.25) is 0 Å². The first-order valence-corrected chi connectivity index (χ1v) is 13.4. The average Bonchev–Trinajstić information content (AvgIpc) is 3.68. The highest BCUT2D eigenvalue weighted by Crippen LogP contribution is 2.44. The zero-order valence-electron chi connectivity index (χ0n) is 21.9. The van der Waals surface area contributed by atoms with Crippen molar-refractivity contribution in [2.24, 2.45) is 16.8 Å². The van der Waals surface area contributed by atoms with E-state index in [1.54, 1.807) is 12.1 Å². The number of aliphatic imine (C=N–C) groups is 1. The second-order valence-corrected chi connectivity index (χ2v) is 10.2. The van der Waals surface area contributed by atoms with Gasteiger partial charge in [0.05, 0.1) is 11.9 Å². The Labute approximate surface area is 231 Å². The average molecular weight is 546 g/mol. The number of rotatable bonds is 8. The second kappa shape index (κ2) is 12.5. The van der Waals surface area contributed by atoms with E-state index in [0.29, 0.717) is 29.4 Å². The molecule has 3 N–H and O–H groups in total. The quantitative estimate of drug-likeness (QED) is 0.196. The number of fused-ring (bicyclic) bond motifs is 2. The van der Waals surface area contributed by atoms with Gasteiger partial charge in [-0.15, -0.1) is 4.99 Å². The summed E-state index contributed by atoms with van der Waals surface area (Å²) in [6.45, 7) is -0.154. The van der Waals surface area contributed by atoms with Crippen molar-refractivity contribution < 1.29 is 23.9 Å². The van der Waals surface area contributed by atoms with Gasteiger partial charge >= 0.3 is 12.1 Å². The van der Waals surface area contributed by atoms with E-state index < -0.39 is 18.1 Å². The van der Waals surface area contributed by atoms with Gasteiger partial charge in [0.1, 0.15) is 18.5 Å². The van der Waals surface area contributed by atoms with E-state index in [1.165, 1.54) is 30.4 Å².